The van der Waals surface area contributed by atoms with E-state index in [1.165, 1.54) is 218 Å². The average molecular weight is 1100 g/mol. The number of hydrogen-bond acceptors (Lipinski definition) is 6. The summed E-state index contributed by atoms with van der Waals surface area (Å²) in [5.41, 5.74) is 0. The van der Waals surface area contributed by atoms with Gasteiger partial charge in [-0.3, -0.25) is 19.6 Å². The van der Waals surface area contributed by atoms with Gasteiger partial charge in [-0.1, -0.05) is 231 Å². The molecule has 74 heavy (non-hydrogen) atoms. The van der Waals surface area contributed by atoms with Gasteiger partial charge < -0.3 is 31.4 Å². The summed E-state index contributed by atoms with van der Waals surface area (Å²) in [7, 11) is 0. The second-order valence-corrected chi connectivity index (χ2v) is 19.8. The fourth-order valence-corrected chi connectivity index (χ4v) is 7.46. The molecule has 0 radical (unpaired) electrons. The summed E-state index contributed by atoms with van der Waals surface area (Å²) in [6.45, 7) is 12.8. The van der Waals surface area contributed by atoms with Crippen molar-refractivity contribution in [2.24, 2.45) is 0 Å². The quantitative estimate of drug-likeness (QED) is 0.0128. The number of hydrogen-bond donors (Lipinski definition) is 5. The van der Waals surface area contributed by atoms with E-state index in [0.29, 0.717) is 25.9 Å². The zero-order valence-corrected chi connectivity index (χ0v) is 51.0. The van der Waals surface area contributed by atoms with Crippen molar-refractivity contribution in [3.05, 3.63) is 36.5 Å². The summed E-state index contributed by atoms with van der Waals surface area (Å²) in [4.78, 5) is 34.8. The maximum absolute atomic E-state index is 10.3. The molecule has 11 nitrogen and oxygen atoms in total. The normalized spacial score (nSPS) is 10.5. The Balaban J connectivity index is -0.000000131. The van der Waals surface area contributed by atoms with Crippen LogP contribution in [-0.4, -0.2) is 67.3 Å². The third-order valence-corrected chi connectivity index (χ3v) is 11.8. The van der Waals surface area contributed by atoms with Gasteiger partial charge in [-0.25, -0.2) is 4.89 Å². The van der Waals surface area contributed by atoms with Crippen molar-refractivity contribution in [1.82, 2.24) is 0 Å². The molecule has 444 valence electrons. The smallest absolute Gasteiger partial charge is 0.303 e. The SMILES string of the molecule is CC(C)O.CCCCCCCC/C=C\CCCCCCCC(=O)O.CCCCCCCC/C=C\CCCCCCCC(=O)O.CCCCCCCC/C=C\CCCCCCCC(=O)O.CCCCCOO.O.O.[Ti]. The van der Waals surface area contributed by atoms with Crippen LogP contribution in [0.25, 0.3) is 0 Å². The molecule has 0 aromatic carbocycles. The molecule has 12 heteroatoms. The first-order valence-electron chi connectivity index (χ1n) is 30.0. The Morgan fingerprint density at radius 3 is 0.676 bits per heavy atom. The van der Waals surface area contributed by atoms with Crippen LogP contribution in [0.5, 0.6) is 0 Å². The van der Waals surface area contributed by atoms with Crippen molar-refractivity contribution in [3.63, 3.8) is 0 Å². The van der Waals surface area contributed by atoms with Crippen LogP contribution in [-0.2, 0) is 41.0 Å². The fraction of sp³-hybridized carbons (Fsp3) is 0.855. The number of rotatable bonds is 49. The molecule has 0 aliphatic carbocycles. The number of carboxylic acids is 3. The van der Waals surface area contributed by atoms with E-state index >= 15 is 0 Å². The van der Waals surface area contributed by atoms with Gasteiger partial charge >= 0.3 is 17.9 Å². The van der Waals surface area contributed by atoms with Gasteiger partial charge in [0.15, 0.2) is 0 Å². The van der Waals surface area contributed by atoms with Crippen LogP contribution in [0.4, 0.5) is 0 Å². The van der Waals surface area contributed by atoms with Crippen LogP contribution in [0.2, 0.25) is 0 Å². The average Bonchev–Trinajstić information content (AvgIpc) is 3.33. The molecule has 0 aromatic rings. The molecule has 0 atom stereocenters. The van der Waals surface area contributed by atoms with Gasteiger partial charge in [0.1, 0.15) is 0 Å². The van der Waals surface area contributed by atoms with Crippen LogP contribution in [0, 0.1) is 0 Å². The van der Waals surface area contributed by atoms with E-state index in [2.05, 4.69) is 69.0 Å². The molecular weight excluding hydrogens is 969 g/mol. The van der Waals surface area contributed by atoms with E-state index in [4.69, 9.17) is 25.7 Å². The zero-order chi connectivity index (χ0) is 53.8. The van der Waals surface area contributed by atoms with E-state index < -0.39 is 17.9 Å². The monoisotopic (exact) mass is 1090 g/mol. The Morgan fingerprint density at radius 1 is 0.338 bits per heavy atom. The minimum atomic E-state index is -0.664. The van der Waals surface area contributed by atoms with Crippen molar-refractivity contribution in [2.75, 3.05) is 6.61 Å². The fourth-order valence-electron chi connectivity index (χ4n) is 7.46. The molecule has 9 N–H and O–H groups in total. The van der Waals surface area contributed by atoms with E-state index in [9.17, 15) is 14.4 Å². The van der Waals surface area contributed by atoms with E-state index in [-0.39, 0.29) is 38.8 Å². The summed E-state index contributed by atoms with van der Waals surface area (Å²) in [5.74, 6) is -1.99. The van der Waals surface area contributed by atoms with Gasteiger partial charge in [0.2, 0.25) is 0 Å². The summed E-state index contributed by atoms with van der Waals surface area (Å²) in [6, 6.07) is 0. The first kappa shape index (κ1) is 88.7. The topological polar surface area (TPSA) is 225 Å². The molecule has 0 saturated heterocycles. The minimum Gasteiger partial charge on any atom is -0.481 e. The number of unbranched alkanes of at least 4 members (excludes halogenated alkanes) is 35. The number of aliphatic hydroxyl groups is 1. The molecule has 0 aliphatic heterocycles. The van der Waals surface area contributed by atoms with Gasteiger partial charge in [0.25, 0.3) is 0 Å². The Morgan fingerprint density at radius 2 is 0.500 bits per heavy atom. The van der Waals surface area contributed by atoms with Crippen LogP contribution in [0.3, 0.4) is 0 Å². The van der Waals surface area contributed by atoms with E-state index in [1.54, 1.807) is 13.8 Å². The molecule has 0 fully saturated rings. The summed E-state index contributed by atoms with van der Waals surface area (Å²) < 4.78 is 0. The van der Waals surface area contributed by atoms with Crippen molar-refractivity contribution in [3.8, 4) is 0 Å². The minimum absolute atomic E-state index is 0. The van der Waals surface area contributed by atoms with Crippen molar-refractivity contribution >= 4 is 17.9 Å². The third kappa shape index (κ3) is 119. The first-order chi connectivity index (χ1) is 34.5. The Hall–Kier alpha value is -1.86. The number of aliphatic hydroxyl groups excluding tert-OH is 1. The molecule has 0 amide bonds. The summed E-state index contributed by atoms with van der Waals surface area (Å²) >= 11 is 0. The van der Waals surface area contributed by atoms with Gasteiger partial charge in [-0.05, 0) is 117 Å². The Labute approximate surface area is 472 Å². The number of allylic oxidation sites excluding steroid dienone is 6. The number of aliphatic carboxylic acids is 3. The molecule has 0 rings (SSSR count). The van der Waals surface area contributed by atoms with Gasteiger partial charge in [-0.15, -0.1) is 0 Å². The predicted molar refractivity (Wildman–Crippen MR) is 314 cm³/mol. The van der Waals surface area contributed by atoms with Gasteiger partial charge in [0.05, 0.1) is 6.61 Å². The molecular formula is C62H126O11Ti. The Kier molecular flexibility index (Phi) is 105. The molecule has 0 heterocycles. The molecule has 0 spiro atoms. The molecule has 0 saturated carbocycles. The molecule has 0 aliphatic rings. The van der Waals surface area contributed by atoms with Gasteiger partial charge in [0, 0.05) is 47.1 Å². The van der Waals surface area contributed by atoms with Crippen LogP contribution < -0.4 is 0 Å². The van der Waals surface area contributed by atoms with E-state index in [0.717, 1.165) is 51.4 Å². The second kappa shape index (κ2) is 87.8. The van der Waals surface area contributed by atoms with Crippen molar-refractivity contribution in [2.45, 2.75) is 337 Å². The Bertz CT molecular complexity index is 959. The van der Waals surface area contributed by atoms with Crippen molar-refractivity contribution < 1.29 is 77.6 Å². The first-order valence-corrected chi connectivity index (χ1v) is 30.0. The summed E-state index contributed by atoms with van der Waals surface area (Å²) in [5, 5.41) is 41.4. The molecule has 0 bridgehead atoms. The standard InChI is InChI=1S/3C18H34O2.C5H12O2.C3H8O.2H2O.Ti/c3*1-2-3-4-5-6-7-8-9-10-11-12-13-14-15-16-17-18(19)20;1-2-3-4-5-7-6;1-3(2)4;;;/h3*9-10H,2-8,11-17H2,1H3,(H,19,20);6H,2-5H2,1H3;3-4H,1-2H3;2*1H2;/b3*10-9-;;;;;. The summed E-state index contributed by atoms with van der Waals surface area (Å²) in [6.07, 6.45) is 66.8. The van der Waals surface area contributed by atoms with Crippen LogP contribution in [0.1, 0.15) is 330 Å². The number of carboxylic acid groups (broad SMARTS) is 3. The third-order valence-electron chi connectivity index (χ3n) is 11.8. The van der Waals surface area contributed by atoms with E-state index in [1.807, 2.05) is 0 Å². The maximum atomic E-state index is 10.3. The second-order valence-electron chi connectivity index (χ2n) is 19.8. The van der Waals surface area contributed by atoms with Crippen LogP contribution >= 0.6 is 0 Å². The molecule has 0 unspecified atom stereocenters. The zero-order valence-electron chi connectivity index (χ0n) is 49.4. The predicted octanol–water partition coefficient (Wildman–Crippen LogP) is 18.7. The van der Waals surface area contributed by atoms with Crippen LogP contribution in [0.15, 0.2) is 36.5 Å². The van der Waals surface area contributed by atoms with Gasteiger partial charge in [-0.2, -0.15) is 0 Å². The maximum Gasteiger partial charge on any atom is 0.303 e. The van der Waals surface area contributed by atoms with Crippen molar-refractivity contribution in [1.29, 1.82) is 0 Å². The largest absolute Gasteiger partial charge is 0.481 e. The molecule has 0 aromatic heterocycles. The number of carbonyl (C=O) groups is 3.